The molecule has 0 unspecified atom stereocenters. The Hall–Kier alpha value is -1.41. The Balaban J connectivity index is 0.00000256. The van der Waals surface area contributed by atoms with E-state index in [9.17, 15) is 14.3 Å². The lowest BCUT2D eigenvalue weighted by atomic mass is 9.98. The number of pyridine rings is 1. The Morgan fingerprint density at radius 3 is 2.57 bits per heavy atom. The van der Waals surface area contributed by atoms with Crippen molar-refractivity contribution < 1.29 is 19.0 Å². The van der Waals surface area contributed by atoms with Crippen molar-refractivity contribution in [1.82, 2.24) is 9.88 Å². The Labute approximate surface area is 194 Å². The van der Waals surface area contributed by atoms with Crippen molar-refractivity contribution in [2.75, 3.05) is 13.1 Å². The molecule has 0 atom stereocenters. The van der Waals surface area contributed by atoms with Crippen LogP contribution < -0.4 is 4.74 Å². The summed E-state index contributed by atoms with van der Waals surface area (Å²) in [7, 11) is 0. The maximum atomic E-state index is 14.2. The minimum Gasteiger partial charge on any atom is -0.478 e. The summed E-state index contributed by atoms with van der Waals surface area (Å²) in [6, 6.07) is 4.70. The van der Waals surface area contributed by atoms with Gasteiger partial charge >= 0.3 is 5.97 Å². The molecule has 0 radical (unpaired) electrons. The van der Waals surface area contributed by atoms with E-state index in [0.29, 0.717) is 23.4 Å². The van der Waals surface area contributed by atoms with Gasteiger partial charge in [0.2, 0.25) is 5.88 Å². The second-order valence-corrected chi connectivity index (χ2v) is 8.97. The van der Waals surface area contributed by atoms with Crippen LogP contribution in [-0.2, 0) is 6.54 Å². The summed E-state index contributed by atoms with van der Waals surface area (Å²) in [5, 5.41) is 9.68. The van der Waals surface area contributed by atoms with Crippen LogP contribution in [0.2, 0.25) is 5.02 Å². The van der Waals surface area contributed by atoms with E-state index in [1.54, 1.807) is 12.3 Å². The van der Waals surface area contributed by atoms with Crippen molar-refractivity contribution >= 4 is 45.9 Å². The first-order valence-electron chi connectivity index (χ1n) is 9.66. The number of halogens is 4. The van der Waals surface area contributed by atoms with Crippen molar-refractivity contribution in [3.63, 3.8) is 0 Å². The SMILES string of the molecule is Cl.O=C(O)c1cc(C2CC2)c(CN2CCC(Oc3ncc(Br)cc3Cl)CC2)cc1F. The maximum absolute atomic E-state index is 14.2. The summed E-state index contributed by atoms with van der Waals surface area (Å²) in [6.07, 6.45) is 5.41. The molecule has 1 aromatic carbocycles. The zero-order chi connectivity index (χ0) is 20.5. The number of likely N-dealkylation sites (tertiary alicyclic amines) is 1. The van der Waals surface area contributed by atoms with Crippen LogP contribution in [0.25, 0.3) is 0 Å². The van der Waals surface area contributed by atoms with Crippen molar-refractivity contribution in [3.8, 4) is 5.88 Å². The minimum absolute atomic E-state index is 0. The van der Waals surface area contributed by atoms with Gasteiger partial charge in [-0.15, -0.1) is 12.4 Å². The molecule has 4 rings (SSSR count). The molecular weight excluding hydrogens is 498 g/mol. The number of rotatable bonds is 6. The number of hydrogen-bond donors (Lipinski definition) is 1. The van der Waals surface area contributed by atoms with Crippen molar-refractivity contribution in [1.29, 1.82) is 0 Å². The predicted molar refractivity (Wildman–Crippen MR) is 118 cm³/mol. The van der Waals surface area contributed by atoms with Gasteiger partial charge in [0.15, 0.2) is 0 Å². The molecule has 9 heteroatoms. The van der Waals surface area contributed by atoms with Crippen LogP contribution in [-0.4, -0.2) is 40.2 Å². The maximum Gasteiger partial charge on any atom is 0.338 e. The van der Waals surface area contributed by atoms with E-state index >= 15 is 0 Å². The smallest absolute Gasteiger partial charge is 0.338 e. The van der Waals surface area contributed by atoms with Crippen LogP contribution in [0.4, 0.5) is 4.39 Å². The average Bonchev–Trinajstić information content (AvgIpc) is 3.50. The van der Waals surface area contributed by atoms with Gasteiger partial charge in [0.1, 0.15) is 16.9 Å². The van der Waals surface area contributed by atoms with Crippen molar-refractivity contribution in [2.24, 2.45) is 0 Å². The Bertz CT molecular complexity index is 935. The lowest BCUT2D eigenvalue weighted by Crippen LogP contribution is -2.38. The van der Waals surface area contributed by atoms with Gasteiger partial charge in [0, 0.05) is 30.3 Å². The molecular formula is C21H22BrCl2FN2O3. The lowest BCUT2D eigenvalue weighted by Gasteiger charge is -2.32. The number of hydrogen-bond acceptors (Lipinski definition) is 4. The van der Waals surface area contributed by atoms with E-state index in [-0.39, 0.29) is 24.1 Å². The number of aromatic nitrogens is 1. The van der Waals surface area contributed by atoms with Gasteiger partial charge in [0.05, 0.1) is 5.56 Å². The number of carboxylic acids is 1. The van der Waals surface area contributed by atoms with Crippen LogP contribution in [0, 0.1) is 5.82 Å². The molecule has 5 nitrogen and oxygen atoms in total. The standard InChI is InChI=1S/C21H21BrClFN2O3.ClH/c22-14-8-18(23)20(25-10-14)29-15-3-5-26(6-4-15)11-13-7-19(24)17(21(27)28)9-16(13)12-1-2-12;/h7-10,12,15H,1-6,11H2,(H,27,28);1H. The third-order valence-electron chi connectivity index (χ3n) is 5.46. The second-order valence-electron chi connectivity index (χ2n) is 7.64. The van der Waals surface area contributed by atoms with Gasteiger partial charge in [-0.3, -0.25) is 4.90 Å². The Morgan fingerprint density at radius 2 is 1.97 bits per heavy atom. The Morgan fingerprint density at radius 1 is 1.27 bits per heavy atom. The first-order valence-corrected chi connectivity index (χ1v) is 10.8. The molecule has 30 heavy (non-hydrogen) atoms. The van der Waals surface area contributed by atoms with Crippen LogP contribution in [0.3, 0.4) is 0 Å². The van der Waals surface area contributed by atoms with Gasteiger partial charge < -0.3 is 9.84 Å². The zero-order valence-electron chi connectivity index (χ0n) is 16.1. The highest BCUT2D eigenvalue weighted by molar-refractivity contribution is 9.10. The molecule has 2 heterocycles. The zero-order valence-corrected chi connectivity index (χ0v) is 19.3. The fourth-order valence-corrected chi connectivity index (χ4v) is 4.45. The lowest BCUT2D eigenvalue weighted by molar-refractivity contribution is 0.0691. The third kappa shape index (κ3) is 5.44. The summed E-state index contributed by atoms with van der Waals surface area (Å²) < 4.78 is 21.0. The fraction of sp³-hybridized carbons (Fsp3) is 0.429. The largest absolute Gasteiger partial charge is 0.478 e. The summed E-state index contributed by atoms with van der Waals surface area (Å²) in [6.45, 7) is 2.24. The quantitative estimate of drug-likeness (QED) is 0.532. The molecule has 1 saturated carbocycles. The molecule has 1 aliphatic carbocycles. The molecule has 2 aliphatic rings. The summed E-state index contributed by atoms with van der Waals surface area (Å²) in [5.74, 6) is -1.08. The number of carbonyl (C=O) groups is 1. The highest BCUT2D eigenvalue weighted by Gasteiger charge is 2.30. The number of ether oxygens (including phenoxy) is 1. The molecule has 0 bridgehead atoms. The first-order chi connectivity index (χ1) is 13.9. The molecule has 2 aromatic rings. The molecule has 1 N–H and O–H groups in total. The summed E-state index contributed by atoms with van der Waals surface area (Å²) in [5.41, 5.74) is 1.64. The van der Waals surface area contributed by atoms with Crippen LogP contribution >= 0.6 is 39.9 Å². The number of piperidine rings is 1. The Kier molecular flexibility index (Phi) is 7.61. The number of nitrogens with zero attached hydrogens (tertiary/aromatic N) is 2. The van der Waals surface area contributed by atoms with Gasteiger partial charge in [-0.2, -0.15) is 0 Å². The molecule has 0 spiro atoms. The van der Waals surface area contributed by atoms with Gasteiger partial charge in [-0.25, -0.2) is 14.2 Å². The predicted octanol–water partition coefficient (Wildman–Crippen LogP) is 5.68. The highest BCUT2D eigenvalue weighted by Crippen LogP contribution is 2.43. The molecule has 0 amide bonds. The van der Waals surface area contributed by atoms with Crippen LogP contribution in [0.1, 0.15) is 53.1 Å². The van der Waals surface area contributed by atoms with Crippen LogP contribution in [0.15, 0.2) is 28.9 Å². The van der Waals surface area contributed by atoms with Crippen LogP contribution in [0.5, 0.6) is 5.88 Å². The summed E-state index contributed by atoms with van der Waals surface area (Å²) >= 11 is 9.51. The van der Waals surface area contributed by atoms with E-state index in [2.05, 4.69) is 25.8 Å². The van der Waals surface area contributed by atoms with E-state index in [1.807, 2.05) is 0 Å². The monoisotopic (exact) mass is 518 g/mol. The highest BCUT2D eigenvalue weighted by atomic mass is 79.9. The topological polar surface area (TPSA) is 62.7 Å². The number of aromatic carboxylic acids is 1. The summed E-state index contributed by atoms with van der Waals surface area (Å²) in [4.78, 5) is 17.8. The van der Waals surface area contributed by atoms with Crippen molar-refractivity contribution in [3.05, 3.63) is 56.4 Å². The normalized spacial score (nSPS) is 17.4. The minimum atomic E-state index is -1.21. The average molecular weight is 520 g/mol. The van der Waals surface area contributed by atoms with Gasteiger partial charge in [0.25, 0.3) is 0 Å². The molecule has 2 fully saturated rings. The van der Waals surface area contributed by atoms with E-state index < -0.39 is 11.8 Å². The van der Waals surface area contributed by atoms with E-state index in [4.69, 9.17) is 16.3 Å². The van der Waals surface area contributed by atoms with E-state index in [1.165, 1.54) is 12.1 Å². The fourth-order valence-electron chi connectivity index (χ4n) is 3.78. The van der Waals surface area contributed by atoms with Crippen molar-refractivity contribution in [2.45, 2.75) is 44.2 Å². The van der Waals surface area contributed by atoms with Gasteiger partial charge in [-0.1, -0.05) is 11.6 Å². The van der Waals surface area contributed by atoms with E-state index in [0.717, 1.165) is 54.4 Å². The molecule has 1 saturated heterocycles. The number of benzene rings is 1. The molecule has 1 aliphatic heterocycles. The second kappa shape index (κ2) is 9.81. The number of carboxylic acid groups (broad SMARTS) is 1. The van der Waals surface area contributed by atoms with Gasteiger partial charge in [-0.05, 0) is 76.9 Å². The molecule has 162 valence electrons. The first kappa shape index (κ1) is 23.3. The third-order valence-corrected chi connectivity index (χ3v) is 6.16. The molecule has 1 aromatic heterocycles.